The molecule has 0 saturated heterocycles. The molecule has 0 aliphatic heterocycles. The van der Waals surface area contributed by atoms with Crippen molar-refractivity contribution in [2.75, 3.05) is 14.2 Å². The molecule has 9 heteroatoms. The van der Waals surface area contributed by atoms with Gasteiger partial charge in [-0.25, -0.2) is 9.50 Å². The van der Waals surface area contributed by atoms with Crippen LogP contribution in [0.1, 0.15) is 5.69 Å². The molecule has 0 saturated carbocycles. The molecule has 0 fully saturated rings. The van der Waals surface area contributed by atoms with Gasteiger partial charge in [-0.2, -0.15) is 18.3 Å². The number of aromatic nitrogens is 3. The van der Waals surface area contributed by atoms with E-state index < -0.39 is 11.9 Å². The van der Waals surface area contributed by atoms with E-state index in [1.807, 2.05) is 11.4 Å². The summed E-state index contributed by atoms with van der Waals surface area (Å²) in [5.41, 5.74) is 0.300. The third kappa shape index (κ3) is 3.18. The number of hydrogen-bond donors (Lipinski definition) is 0. The van der Waals surface area contributed by atoms with Gasteiger partial charge in [-0.05, 0) is 35.7 Å². The lowest BCUT2D eigenvalue weighted by molar-refractivity contribution is -0.142. The number of alkyl halides is 3. The van der Waals surface area contributed by atoms with Crippen molar-refractivity contribution in [1.29, 1.82) is 0 Å². The number of benzene rings is 1. The molecule has 144 valence electrons. The average molecular weight is 405 g/mol. The summed E-state index contributed by atoms with van der Waals surface area (Å²) in [6.07, 6.45) is -4.59. The number of fused-ring (bicyclic) bond motifs is 1. The first kappa shape index (κ1) is 18.3. The van der Waals surface area contributed by atoms with Crippen LogP contribution in [0.25, 0.3) is 27.5 Å². The normalized spacial score (nSPS) is 11.8. The van der Waals surface area contributed by atoms with Crippen molar-refractivity contribution >= 4 is 17.0 Å². The number of nitrogens with zero attached hydrogens (tertiary/aromatic N) is 3. The molecular formula is C19H14F3N3O2S. The summed E-state index contributed by atoms with van der Waals surface area (Å²) in [6.45, 7) is 0. The fraction of sp³-hybridized carbons (Fsp3) is 0.158. The molecule has 3 heterocycles. The van der Waals surface area contributed by atoms with Crippen molar-refractivity contribution < 1.29 is 22.6 Å². The van der Waals surface area contributed by atoms with Crippen LogP contribution in [0.5, 0.6) is 11.5 Å². The molecule has 0 unspecified atom stereocenters. The molecule has 4 rings (SSSR count). The quantitative estimate of drug-likeness (QED) is 0.471. The van der Waals surface area contributed by atoms with Crippen LogP contribution in [-0.4, -0.2) is 28.8 Å². The molecule has 0 spiro atoms. The van der Waals surface area contributed by atoms with Gasteiger partial charge in [-0.15, -0.1) is 11.3 Å². The average Bonchev–Trinajstić information content (AvgIpc) is 3.34. The molecule has 0 amide bonds. The smallest absolute Gasteiger partial charge is 0.433 e. The van der Waals surface area contributed by atoms with Crippen LogP contribution in [0.3, 0.4) is 0 Å². The summed E-state index contributed by atoms with van der Waals surface area (Å²) in [6, 6.07) is 11.0. The summed E-state index contributed by atoms with van der Waals surface area (Å²) in [5, 5.41) is 5.96. The lowest BCUT2D eigenvalue weighted by Crippen LogP contribution is -2.13. The highest BCUT2D eigenvalue weighted by atomic mass is 32.1. The zero-order valence-electron chi connectivity index (χ0n) is 14.8. The molecule has 4 aromatic rings. The predicted octanol–water partition coefficient (Wildman–Crippen LogP) is 5.16. The molecule has 0 N–H and O–H groups in total. The Balaban J connectivity index is 1.93. The first-order valence-electron chi connectivity index (χ1n) is 8.15. The highest BCUT2D eigenvalue weighted by molar-refractivity contribution is 7.13. The maximum Gasteiger partial charge on any atom is 0.433 e. The van der Waals surface area contributed by atoms with Crippen LogP contribution in [0.2, 0.25) is 0 Å². The second-order valence-electron chi connectivity index (χ2n) is 5.87. The second-order valence-corrected chi connectivity index (χ2v) is 6.82. The Morgan fingerprint density at radius 3 is 2.39 bits per heavy atom. The van der Waals surface area contributed by atoms with Gasteiger partial charge in [-0.1, -0.05) is 6.07 Å². The van der Waals surface area contributed by atoms with Crippen molar-refractivity contribution in [3.05, 3.63) is 53.5 Å². The van der Waals surface area contributed by atoms with E-state index >= 15 is 0 Å². The largest absolute Gasteiger partial charge is 0.493 e. The molecule has 1 aromatic carbocycles. The number of ether oxygens (including phenoxy) is 2. The lowest BCUT2D eigenvalue weighted by Gasteiger charge is -2.12. The monoisotopic (exact) mass is 405 g/mol. The maximum atomic E-state index is 13.7. The van der Waals surface area contributed by atoms with Gasteiger partial charge in [0.1, 0.15) is 5.69 Å². The van der Waals surface area contributed by atoms with Crippen molar-refractivity contribution in [3.8, 4) is 33.3 Å². The van der Waals surface area contributed by atoms with E-state index in [0.29, 0.717) is 22.8 Å². The summed E-state index contributed by atoms with van der Waals surface area (Å²) in [4.78, 5) is 5.16. The van der Waals surface area contributed by atoms with E-state index in [2.05, 4.69) is 10.1 Å². The fourth-order valence-corrected chi connectivity index (χ4v) is 3.55. The van der Waals surface area contributed by atoms with Gasteiger partial charge >= 0.3 is 6.18 Å². The number of methoxy groups -OCH3 is 2. The first-order chi connectivity index (χ1) is 13.4. The van der Waals surface area contributed by atoms with Crippen LogP contribution in [-0.2, 0) is 6.18 Å². The Kier molecular flexibility index (Phi) is 4.46. The van der Waals surface area contributed by atoms with Gasteiger partial charge in [0.25, 0.3) is 0 Å². The third-order valence-corrected chi connectivity index (χ3v) is 5.06. The molecular weight excluding hydrogens is 391 g/mol. The van der Waals surface area contributed by atoms with Crippen LogP contribution >= 0.6 is 11.3 Å². The minimum atomic E-state index is -4.59. The van der Waals surface area contributed by atoms with E-state index in [9.17, 15) is 13.2 Å². The Morgan fingerprint density at radius 1 is 0.964 bits per heavy atom. The van der Waals surface area contributed by atoms with Gasteiger partial charge in [0.15, 0.2) is 22.8 Å². The highest BCUT2D eigenvalue weighted by Gasteiger charge is 2.35. The fourth-order valence-electron chi connectivity index (χ4n) is 2.86. The first-order valence-corrected chi connectivity index (χ1v) is 9.03. The second kappa shape index (κ2) is 6.83. The molecule has 0 radical (unpaired) electrons. The number of halogens is 3. The zero-order chi connectivity index (χ0) is 19.9. The van der Waals surface area contributed by atoms with Crippen molar-refractivity contribution in [2.45, 2.75) is 6.18 Å². The Morgan fingerprint density at radius 2 is 1.75 bits per heavy atom. The molecule has 3 aromatic heterocycles. The van der Waals surface area contributed by atoms with Gasteiger partial charge in [-0.3, -0.25) is 0 Å². The van der Waals surface area contributed by atoms with Gasteiger partial charge in [0.05, 0.1) is 24.8 Å². The van der Waals surface area contributed by atoms with Crippen molar-refractivity contribution in [2.24, 2.45) is 0 Å². The molecule has 5 nitrogen and oxygen atoms in total. The summed E-state index contributed by atoms with van der Waals surface area (Å²) >= 11 is 1.40. The van der Waals surface area contributed by atoms with Gasteiger partial charge in [0, 0.05) is 11.6 Å². The summed E-state index contributed by atoms with van der Waals surface area (Å²) < 4.78 is 52.4. The summed E-state index contributed by atoms with van der Waals surface area (Å²) in [5.74, 6) is 0.885. The van der Waals surface area contributed by atoms with Gasteiger partial charge in [0.2, 0.25) is 0 Å². The molecule has 0 atom stereocenters. The summed E-state index contributed by atoms with van der Waals surface area (Å²) in [7, 11) is 2.95. The van der Waals surface area contributed by atoms with Crippen LogP contribution < -0.4 is 9.47 Å². The Hall–Kier alpha value is -3.07. The number of thiophene rings is 1. The van der Waals surface area contributed by atoms with Crippen LogP contribution in [0, 0.1) is 0 Å². The standard InChI is InChI=1S/C19H14F3N3O2S/c1-26-14-6-5-11(8-15(14)27-2)12-9-17(19(20,21)22)25-18(23-12)10-13(24-25)16-4-3-7-28-16/h3-10H,1-2H3. The Bertz CT molecular complexity index is 1140. The molecule has 0 aliphatic carbocycles. The highest BCUT2D eigenvalue weighted by Crippen LogP contribution is 2.36. The van der Waals surface area contributed by atoms with E-state index in [1.54, 1.807) is 30.3 Å². The van der Waals surface area contributed by atoms with Crippen LogP contribution in [0.15, 0.2) is 47.8 Å². The SMILES string of the molecule is COc1ccc(-c2cc(C(F)(F)F)n3nc(-c4cccs4)cc3n2)cc1OC. The minimum absolute atomic E-state index is 0.114. The minimum Gasteiger partial charge on any atom is -0.493 e. The maximum absolute atomic E-state index is 13.7. The third-order valence-electron chi connectivity index (χ3n) is 4.17. The van der Waals surface area contributed by atoms with Crippen molar-refractivity contribution in [3.63, 3.8) is 0 Å². The number of hydrogen-bond acceptors (Lipinski definition) is 5. The number of rotatable bonds is 4. The lowest BCUT2D eigenvalue weighted by atomic mass is 10.1. The predicted molar refractivity (Wildman–Crippen MR) is 99.8 cm³/mol. The zero-order valence-corrected chi connectivity index (χ0v) is 15.6. The topological polar surface area (TPSA) is 48.7 Å². The van der Waals surface area contributed by atoms with Crippen LogP contribution in [0.4, 0.5) is 13.2 Å². The molecule has 0 aliphatic rings. The molecule has 28 heavy (non-hydrogen) atoms. The van der Waals surface area contributed by atoms with E-state index in [0.717, 1.165) is 15.5 Å². The van der Waals surface area contributed by atoms with E-state index in [1.165, 1.54) is 25.6 Å². The Labute approximate surface area is 162 Å². The van der Waals surface area contributed by atoms with E-state index in [4.69, 9.17) is 9.47 Å². The van der Waals surface area contributed by atoms with Gasteiger partial charge < -0.3 is 9.47 Å². The molecule has 0 bridgehead atoms. The van der Waals surface area contributed by atoms with E-state index in [-0.39, 0.29) is 11.3 Å². The van der Waals surface area contributed by atoms with Crippen molar-refractivity contribution in [1.82, 2.24) is 14.6 Å².